The predicted molar refractivity (Wildman–Crippen MR) is 94.9 cm³/mol. The van der Waals surface area contributed by atoms with Crippen molar-refractivity contribution in [1.29, 1.82) is 0 Å². The Morgan fingerprint density at radius 3 is 2.48 bits per heavy atom. The Kier molecular flexibility index (Phi) is 7.66. The molecule has 0 heterocycles. The van der Waals surface area contributed by atoms with Gasteiger partial charge in [-0.2, -0.15) is 0 Å². The van der Waals surface area contributed by atoms with Crippen molar-refractivity contribution in [2.75, 3.05) is 7.11 Å². The van der Waals surface area contributed by atoms with Crippen LogP contribution in [0.5, 0.6) is 11.5 Å². The van der Waals surface area contributed by atoms with Crippen LogP contribution < -0.4 is 14.8 Å². The fourth-order valence-electron chi connectivity index (χ4n) is 2.08. The van der Waals surface area contributed by atoms with Gasteiger partial charge >= 0.3 is 0 Å². The Labute approximate surface area is 139 Å². The molecule has 128 valence electrons. The number of methoxy groups -OCH3 is 1. The van der Waals surface area contributed by atoms with E-state index in [1.54, 1.807) is 19.3 Å². The number of amides is 1. The van der Waals surface area contributed by atoms with Crippen LogP contribution in [0.15, 0.2) is 24.3 Å². The summed E-state index contributed by atoms with van der Waals surface area (Å²) < 4.78 is 11.0. The Morgan fingerprint density at radius 1 is 1.22 bits per heavy atom. The molecular formula is C19H29NO3. The molecule has 4 heteroatoms. The highest BCUT2D eigenvalue weighted by Crippen LogP contribution is 2.29. The highest BCUT2D eigenvalue weighted by Gasteiger charge is 2.11. The quantitative estimate of drug-likeness (QED) is 0.735. The largest absolute Gasteiger partial charge is 0.493 e. The standard InChI is InChI=1S/C19H29NO3/c1-7-14(4)15(5)20-19(21)11-9-16-8-10-17(23-13(2)3)18(12-16)22-6/h8-15H,7H2,1-6H3,(H,20,21). The van der Waals surface area contributed by atoms with E-state index >= 15 is 0 Å². The molecule has 0 saturated heterocycles. The summed E-state index contributed by atoms with van der Waals surface area (Å²) in [5, 5.41) is 2.99. The number of hydrogen-bond donors (Lipinski definition) is 1. The normalized spacial score (nSPS) is 13.9. The average molecular weight is 319 g/mol. The fraction of sp³-hybridized carbons (Fsp3) is 0.526. The minimum atomic E-state index is -0.0840. The van der Waals surface area contributed by atoms with E-state index in [4.69, 9.17) is 9.47 Å². The van der Waals surface area contributed by atoms with Gasteiger partial charge in [-0.15, -0.1) is 0 Å². The number of nitrogens with one attached hydrogen (secondary N) is 1. The van der Waals surface area contributed by atoms with Gasteiger partial charge in [-0.3, -0.25) is 4.79 Å². The van der Waals surface area contributed by atoms with E-state index < -0.39 is 0 Å². The number of carbonyl (C=O) groups excluding carboxylic acids is 1. The molecule has 4 nitrogen and oxygen atoms in total. The van der Waals surface area contributed by atoms with E-state index in [1.807, 2.05) is 39.0 Å². The summed E-state index contributed by atoms with van der Waals surface area (Å²) in [6, 6.07) is 5.79. The minimum absolute atomic E-state index is 0.0816. The first-order valence-corrected chi connectivity index (χ1v) is 8.20. The summed E-state index contributed by atoms with van der Waals surface area (Å²) in [4.78, 5) is 12.0. The van der Waals surface area contributed by atoms with E-state index in [9.17, 15) is 4.79 Å². The van der Waals surface area contributed by atoms with Crippen LogP contribution in [0.1, 0.15) is 46.6 Å². The lowest BCUT2D eigenvalue weighted by Crippen LogP contribution is -2.35. The first-order chi connectivity index (χ1) is 10.9. The van der Waals surface area contributed by atoms with Crippen LogP contribution in [0.3, 0.4) is 0 Å². The zero-order valence-electron chi connectivity index (χ0n) is 15.1. The second-order valence-corrected chi connectivity index (χ2v) is 6.09. The second kappa shape index (κ2) is 9.23. The monoisotopic (exact) mass is 319 g/mol. The molecule has 2 atom stereocenters. The molecule has 0 aliphatic heterocycles. The van der Waals surface area contributed by atoms with E-state index in [-0.39, 0.29) is 18.1 Å². The van der Waals surface area contributed by atoms with Gasteiger partial charge in [0.15, 0.2) is 11.5 Å². The molecule has 23 heavy (non-hydrogen) atoms. The highest BCUT2D eigenvalue weighted by atomic mass is 16.5. The molecule has 0 bridgehead atoms. The third-order valence-corrected chi connectivity index (χ3v) is 3.84. The molecule has 0 spiro atoms. The van der Waals surface area contributed by atoms with Gasteiger partial charge in [-0.05, 0) is 50.5 Å². The molecule has 0 aromatic heterocycles. The van der Waals surface area contributed by atoms with E-state index in [0.29, 0.717) is 17.4 Å². The lowest BCUT2D eigenvalue weighted by molar-refractivity contribution is -0.117. The molecule has 0 fully saturated rings. The summed E-state index contributed by atoms with van der Waals surface area (Å²) in [5.41, 5.74) is 0.893. The summed E-state index contributed by atoms with van der Waals surface area (Å²) in [6.45, 7) is 10.2. The number of ether oxygens (including phenoxy) is 2. The third-order valence-electron chi connectivity index (χ3n) is 3.84. The molecule has 1 N–H and O–H groups in total. The first kappa shape index (κ1) is 19.1. The average Bonchev–Trinajstić information content (AvgIpc) is 2.52. The van der Waals surface area contributed by atoms with Gasteiger partial charge in [-0.1, -0.05) is 26.3 Å². The Bertz CT molecular complexity index is 537. The Hall–Kier alpha value is -1.97. The van der Waals surface area contributed by atoms with Gasteiger partial charge in [0.25, 0.3) is 0 Å². The molecule has 1 rings (SSSR count). The van der Waals surface area contributed by atoms with Gasteiger partial charge < -0.3 is 14.8 Å². The van der Waals surface area contributed by atoms with Crippen LogP contribution in [0, 0.1) is 5.92 Å². The van der Waals surface area contributed by atoms with Gasteiger partial charge in [-0.25, -0.2) is 0 Å². The third kappa shape index (κ3) is 6.35. The number of rotatable bonds is 8. The van der Waals surface area contributed by atoms with Crippen LogP contribution in [-0.4, -0.2) is 25.2 Å². The fourth-order valence-corrected chi connectivity index (χ4v) is 2.08. The molecule has 0 radical (unpaired) electrons. The van der Waals surface area contributed by atoms with Gasteiger partial charge in [0.2, 0.25) is 5.91 Å². The maximum Gasteiger partial charge on any atom is 0.244 e. The molecule has 1 aromatic rings. The van der Waals surface area contributed by atoms with E-state index in [2.05, 4.69) is 19.2 Å². The van der Waals surface area contributed by atoms with Crippen LogP contribution in [0.25, 0.3) is 6.08 Å². The maximum atomic E-state index is 12.0. The van der Waals surface area contributed by atoms with Crippen molar-refractivity contribution in [3.05, 3.63) is 29.8 Å². The lowest BCUT2D eigenvalue weighted by atomic mass is 10.0. The predicted octanol–water partition coefficient (Wildman–Crippen LogP) is 4.05. The van der Waals surface area contributed by atoms with Crippen LogP contribution in [0.4, 0.5) is 0 Å². The van der Waals surface area contributed by atoms with Gasteiger partial charge in [0.1, 0.15) is 0 Å². The number of hydrogen-bond acceptors (Lipinski definition) is 3. The zero-order valence-corrected chi connectivity index (χ0v) is 15.1. The van der Waals surface area contributed by atoms with Crippen molar-refractivity contribution in [1.82, 2.24) is 5.32 Å². The molecule has 0 aliphatic rings. The zero-order chi connectivity index (χ0) is 17.4. The molecule has 1 aromatic carbocycles. The summed E-state index contributed by atoms with van der Waals surface area (Å²) in [6.07, 6.45) is 4.45. The van der Waals surface area contributed by atoms with Crippen molar-refractivity contribution in [3.63, 3.8) is 0 Å². The smallest absolute Gasteiger partial charge is 0.244 e. The molecule has 2 unspecified atom stereocenters. The van der Waals surface area contributed by atoms with Crippen LogP contribution in [0.2, 0.25) is 0 Å². The minimum Gasteiger partial charge on any atom is -0.493 e. The molecule has 0 aliphatic carbocycles. The Balaban J connectivity index is 2.74. The van der Waals surface area contributed by atoms with Crippen LogP contribution in [-0.2, 0) is 4.79 Å². The topological polar surface area (TPSA) is 47.6 Å². The number of carbonyl (C=O) groups is 1. The van der Waals surface area contributed by atoms with E-state index in [1.165, 1.54) is 0 Å². The SMILES string of the molecule is CCC(C)C(C)NC(=O)C=Cc1ccc(OC(C)C)c(OC)c1. The summed E-state index contributed by atoms with van der Waals surface area (Å²) >= 11 is 0. The van der Waals surface area contributed by atoms with Crippen molar-refractivity contribution in [2.45, 2.75) is 53.2 Å². The van der Waals surface area contributed by atoms with Crippen molar-refractivity contribution in [3.8, 4) is 11.5 Å². The van der Waals surface area contributed by atoms with Gasteiger partial charge in [0.05, 0.1) is 13.2 Å². The lowest BCUT2D eigenvalue weighted by Gasteiger charge is -2.18. The Morgan fingerprint density at radius 2 is 1.91 bits per heavy atom. The highest BCUT2D eigenvalue weighted by molar-refractivity contribution is 5.92. The summed E-state index contributed by atoms with van der Waals surface area (Å²) in [5.74, 6) is 1.74. The maximum absolute atomic E-state index is 12.0. The van der Waals surface area contributed by atoms with Gasteiger partial charge in [0, 0.05) is 12.1 Å². The molecule has 1 amide bonds. The molecular weight excluding hydrogens is 290 g/mol. The summed E-state index contributed by atoms with van der Waals surface area (Å²) in [7, 11) is 1.61. The van der Waals surface area contributed by atoms with Crippen LogP contribution >= 0.6 is 0 Å². The van der Waals surface area contributed by atoms with Crippen molar-refractivity contribution >= 4 is 12.0 Å². The molecule has 0 saturated carbocycles. The number of benzene rings is 1. The van der Waals surface area contributed by atoms with Crippen molar-refractivity contribution < 1.29 is 14.3 Å². The first-order valence-electron chi connectivity index (χ1n) is 8.20. The second-order valence-electron chi connectivity index (χ2n) is 6.09. The van der Waals surface area contributed by atoms with E-state index in [0.717, 1.165) is 12.0 Å². The van der Waals surface area contributed by atoms with Crippen molar-refractivity contribution in [2.24, 2.45) is 5.92 Å².